The van der Waals surface area contributed by atoms with E-state index in [1.807, 2.05) is 0 Å². The molecule has 1 heterocycles. The Bertz CT molecular complexity index is 1030. The van der Waals surface area contributed by atoms with E-state index in [9.17, 15) is 35.5 Å². The molecule has 1 amide bonds. The van der Waals surface area contributed by atoms with Gasteiger partial charge in [-0.1, -0.05) is 12.1 Å². The molecular weight excluding hydrogens is 517 g/mol. The summed E-state index contributed by atoms with van der Waals surface area (Å²) in [5.41, 5.74) is -2.35. The summed E-state index contributed by atoms with van der Waals surface area (Å²) in [6.45, 7) is 2.54. The summed E-state index contributed by atoms with van der Waals surface area (Å²) >= 11 is 0. The fraction of sp³-hybridized carbons (Fsp3) is 0.519. The van der Waals surface area contributed by atoms with Gasteiger partial charge in [-0.3, -0.25) is 4.79 Å². The molecule has 1 unspecified atom stereocenters. The molecule has 2 aromatic rings. The SMILES string of the molecule is COCCN1CCC(C(CC(=O)N(C)Cc2cc(C(F)(F)F)cc(C(F)(F)F)c2)c2ccc(F)cc2)CC1. The fourth-order valence-corrected chi connectivity index (χ4v) is 4.88. The number of carbonyl (C=O) groups excluding carboxylic acids is 1. The van der Waals surface area contributed by atoms with Crippen molar-refractivity contribution in [1.82, 2.24) is 9.80 Å². The highest BCUT2D eigenvalue weighted by Gasteiger charge is 2.37. The van der Waals surface area contributed by atoms with E-state index >= 15 is 0 Å². The molecule has 0 aliphatic carbocycles. The number of methoxy groups -OCH3 is 1. The third-order valence-electron chi connectivity index (χ3n) is 7.00. The zero-order valence-corrected chi connectivity index (χ0v) is 21.2. The average molecular weight is 549 g/mol. The second-order valence-electron chi connectivity index (χ2n) is 9.70. The molecule has 3 rings (SSSR count). The number of likely N-dealkylation sites (tertiary alicyclic amines) is 1. The Hall–Kier alpha value is -2.66. The van der Waals surface area contributed by atoms with Crippen molar-refractivity contribution in [3.63, 3.8) is 0 Å². The number of hydrogen-bond acceptors (Lipinski definition) is 3. The maximum Gasteiger partial charge on any atom is 0.416 e. The van der Waals surface area contributed by atoms with Crippen LogP contribution in [0.3, 0.4) is 0 Å². The Kier molecular flexibility index (Phi) is 9.80. The van der Waals surface area contributed by atoms with Crippen LogP contribution < -0.4 is 0 Å². The highest BCUT2D eigenvalue weighted by molar-refractivity contribution is 5.77. The molecule has 1 fully saturated rings. The lowest BCUT2D eigenvalue weighted by Gasteiger charge is -2.36. The van der Waals surface area contributed by atoms with Gasteiger partial charge in [-0.05, 0) is 79.2 Å². The lowest BCUT2D eigenvalue weighted by molar-refractivity contribution is -0.143. The van der Waals surface area contributed by atoms with Crippen LogP contribution in [0.4, 0.5) is 30.7 Å². The van der Waals surface area contributed by atoms with Crippen molar-refractivity contribution in [3.8, 4) is 0 Å². The zero-order chi connectivity index (χ0) is 28.1. The number of halogens is 7. The summed E-state index contributed by atoms with van der Waals surface area (Å²) in [6, 6.07) is 7.18. The van der Waals surface area contributed by atoms with Crippen molar-refractivity contribution in [2.24, 2.45) is 5.92 Å². The number of benzene rings is 2. The van der Waals surface area contributed by atoms with Crippen LogP contribution in [0.2, 0.25) is 0 Å². The number of amides is 1. The molecule has 1 atom stereocenters. The molecule has 1 saturated heterocycles. The van der Waals surface area contributed by atoms with Crippen LogP contribution in [-0.2, 0) is 28.4 Å². The number of nitrogens with zero attached hydrogens (tertiary/aromatic N) is 2. The van der Waals surface area contributed by atoms with E-state index in [-0.39, 0.29) is 29.9 Å². The van der Waals surface area contributed by atoms with Crippen molar-refractivity contribution in [2.45, 2.75) is 44.1 Å². The van der Waals surface area contributed by atoms with E-state index in [1.54, 1.807) is 19.2 Å². The van der Waals surface area contributed by atoms with Gasteiger partial charge in [0.1, 0.15) is 5.82 Å². The number of ether oxygens (including phenoxy) is 1. The molecule has 1 aliphatic heterocycles. The molecule has 0 saturated carbocycles. The second kappa shape index (κ2) is 12.5. The van der Waals surface area contributed by atoms with Gasteiger partial charge >= 0.3 is 12.4 Å². The maximum absolute atomic E-state index is 13.6. The largest absolute Gasteiger partial charge is 0.416 e. The highest BCUT2D eigenvalue weighted by atomic mass is 19.4. The van der Waals surface area contributed by atoms with Crippen LogP contribution in [0.5, 0.6) is 0 Å². The number of piperidine rings is 1. The summed E-state index contributed by atoms with van der Waals surface area (Å²) in [6.07, 6.45) is -8.37. The summed E-state index contributed by atoms with van der Waals surface area (Å²) in [4.78, 5) is 16.6. The Morgan fingerprint density at radius 1 is 1.00 bits per heavy atom. The Morgan fingerprint density at radius 3 is 2.05 bits per heavy atom. The minimum atomic E-state index is -4.97. The quantitative estimate of drug-likeness (QED) is 0.342. The van der Waals surface area contributed by atoms with Gasteiger partial charge in [0.25, 0.3) is 0 Å². The molecule has 0 N–H and O–H groups in total. The van der Waals surface area contributed by atoms with Crippen LogP contribution >= 0.6 is 0 Å². The first-order valence-corrected chi connectivity index (χ1v) is 12.3. The minimum Gasteiger partial charge on any atom is -0.383 e. The minimum absolute atomic E-state index is 0.00401. The van der Waals surface area contributed by atoms with Crippen LogP contribution in [-0.4, -0.2) is 56.1 Å². The van der Waals surface area contributed by atoms with Gasteiger partial charge in [0.05, 0.1) is 17.7 Å². The second-order valence-corrected chi connectivity index (χ2v) is 9.70. The molecule has 0 aromatic heterocycles. The van der Waals surface area contributed by atoms with E-state index in [0.717, 1.165) is 42.9 Å². The Labute approximate surface area is 217 Å². The molecule has 0 spiro atoms. The summed E-state index contributed by atoms with van der Waals surface area (Å²) < 4.78 is 98.1. The van der Waals surface area contributed by atoms with Gasteiger partial charge in [0, 0.05) is 33.7 Å². The standard InChI is InChI=1S/C27H31F7N2O2/c1-35(17-18-13-21(26(29,30)31)15-22(14-18)27(32,33)34)25(37)16-24(19-3-5-23(28)6-4-19)20-7-9-36(10-8-20)11-12-38-2/h3-6,13-15,20,24H,7-12,16-17H2,1-2H3. The molecule has 4 nitrogen and oxygen atoms in total. The van der Waals surface area contributed by atoms with E-state index in [4.69, 9.17) is 4.74 Å². The van der Waals surface area contributed by atoms with Gasteiger partial charge in [0.2, 0.25) is 5.91 Å². The average Bonchev–Trinajstić information content (AvgIpc) is 2.85. The summed E-state index contributed by atoms with van der Waals surface area (Å²) in [5.74, 6) is -1.02. The van der Waals surface area contributed by atoms with Crippen molar-refractivity contribution in [3.05, 3.63) is 70.5 Å². The Balaban J connectivity index is 1.78. The number of carbonyl (C=O) groups is 1. The van der Waals surface area contributed by atoms with Crippen molar-refractivity contribution in [1.29, 1.82) is 0 Å². The summed E-state index contributed by atoms with van der Waals surface area (Å²) in [5, 5.41) is 0. The first-order valence-electron chi connectivity index (χ1n) is 12.3. The zero-order valence-electron chi connectivity index (χ0n) is 21.2. The van der Waals surface area contributed by atoms with Gasteiger partial charge in [0.15, 0.2) is 0 Å². The first kappa shape index (κ1) is 29.9. The maximum atomic E-state index is 13.6. The molecule has 38 heavy (non-hydrogen) atoms. The monoisotopic (exact) mass is 548 g/mol. The lowest BCUT2D eigenvalue weighted by Crippen LogP contribution is -2.38. The van der Waals surface area contributed by atoms with Crippen molar-refractivity contribution < 1.29 is 40.3 Å². The van der Waals surface area contributed by atoms with Gasteiger partial charge < -0.3 is 14.5 Å². The van der Waals surface area contributed by atoms with Gasteiger partial charge in [-0.15, -0.1) is 0 Å². The van der Waals surface area contributed by atoms with Crippen LogP contribution in [0, 0.1) is 11.7 Å². The fourth-order valence-electron chi connectivity index (χ4n) is 4.88. The van der Waals surface area contributed by atoms with E-state index in [0.29, 0.717) is 18.7 Å². The smallest absolute Gasteiger partial charge is 0.383 e. The van der Waals surface area contributed by atoms with Gasteiger partial charge in [-0.2, -0.15) is 26.3 Å². The third-order valence-corrected chi connectivity index (χ3v) is 7.00. The molecular formula is C27H31F7N2O2. The lowest BCUT2D eigenvalue weighted by atomic mass is 9.78. The Morgan fingerprint density at radius 2 is 1.55 bits per heavy atom. The predicted molar refractivity (Wildman–Crippen MR) is 128 cm³/mol. The van der Waals surface area contributed by atoms with Crippen LogP contribution in [0.15, 0.2) is 42.5 Å². The van der Waals surface area contributed by atoms with E-state index in [1.165, 1.54) is 19.2 Å². The van der Waals surface area contributed by atoms with Crippen molar-refractivity contribution in [2.75, 3.05) is 40.4 Å². The molecule has 2 aromatic carbocycles. The normalized spacial score (nSPS) is 16.4. The molecule has 1 aliphatic rings. The molecule has 210 valence electrons. The highest BCUT2D eigenvalue weighted by Crippen LogP contribution is 2.38. The summed E-state index contributed by atoms with van der Waals surface area (Å²) in [7, 11) is 2.98. The molecule has 11 heteroatoms. The third kappa shape index (κ3) is 8.17. The van der Waals surface area contributed by atoms with Crippen LogP contribution in [0.1, 0.15) is 47.4 Å². The molecule has 0 radical (unpaired) electrons. The predicted octanol–water partition coefficient (Wildman–Crippen LogP) is 6.35. The number of hydrogen-bond donors (Lipinski definition) is 0. The van der Waals surface area contributed by atoms with E-state index in [2.05, 4.69) is 4.90 Å². The van der Waals surface area contributed by atoms with E-state index < -0.39 is 41.7 Å². The molecule has 0 bridgehead atoms. The van der Waals surface area contributed by atoms with Crippen LogP contribution in [0.25, 0.3) is 0 Å². The number of alkyl halides is 6. The topological polar surface area (TPSA) is 32.8 Å². The van der Waals surface area contributed by atoms with Crippen molar-refractivity contribution >= 4 is 5.91 Å². The first-order chi connectivity index (χ1) is 17.8. The number of rotatable bonds is 9. The van der Waals surface area contributed by atoms with Gasteiger partial charge in [-0.25, -0.2) is 4.39 Å².